The Balaban J connectivity index is 1.42. The lowest BCUT2D eigenvalue weighted by Crippen LogP contribution is -2.30. The lowest BCUT2D eigenvalue weighted by atomic mass is 9.98. The van der Waals surface area contributed by atoms with Crippen molar-refractivity contribution in [1.82, 2.24) is 14.9 Å². The number of rotatable bonds is 4. The van der Waals surface area contributed by atoms with Crippen LogP contribution in [-0.4, -0.2) is 40.0 Å². The van der Waals surface area contributed by atoms with Gasteiger partial charge in [-0.2, -0.15) is 0 Å². The number of carbonyl (C=O) groups is 1. The zero-order valence-electron chi connectivity index (χ0n) is 14.6. The second kappa shape index (κ2) is 7.39. The zero-order valence-corrected chi connectivity index (χ0v) is 14.6. The topological polar surface area (TPSA) is 93.4 Å². The summed E-state index contributed by atoms with van der Waals surface area (Å²) in [5.74, 6) is 0.249. The molecular weight excluding hydrogens is 330 g/mol. The summed E-state index contributed by atoms with van der Waals surface area (Å²) in [6.45, 7) is 3.28. The number of aromatic nitrogens is 2. The van der Waals surface area contributed by atoms with Crippen molar-refractivity contribution in [2.24, 2.45) is 0 Å². The van der Waals surface area contributed by atoms with Gasteiger partial charge in [0.05, 0.1) is 0 Å². The molecule has 1 amide bonds. The molecule has 3 N–H and O–H groups in total. The highest BCUT2D eigenvalue weighted by molar-refractivity contribution is 5.94. The fourth-order valence-corrected chi connectivity index (χ4v) is 3.54. The van der Waals surface area contributed by atoms with E-state index < -0.39 is 0 Å². The molecule has 26 heavy (non-hydrogen) atoms. The van der Waals surface area contributed by atoms with Gasteiger partial charge < -0.3 is 15.8 Å². The third-order valence-corrected chi connectivity index (χ3v) is 4.92. The summed E-state index contributed by atoms with van der Waals surface area (Å²) in [5.41, 5.74) is 10.0. The minimum absolute atomic E-state index is 0.0471. The number of hydrogen-bond donors (Lipinski definition) is 2. The number of carbonyl (C=O) groups excluding carboxylic acids is 1. The number of nitrogens with zero attached hydrogens (tertiary/aromatic N) is 3. The Bertz CT molecular complexity index is 787. The van der Waals surface area contributed by atoms with Gasteiger partial charge in [0.15, 0.2) is 0 Å². The molecule has 1 fully saturated rings. The maximum absolute atomic E-state index is 12.2. The summed E-state index contributed by atoms with van der Waals surface area (Å²) in [6.07, 6.45) is 5.98. The molecule has 1 atom stereocenters. The van der Waals surface area contributed by atoms with Crippen LogP contribution in [0.25, 0.3) is 0 Å². The molecule has 136 valence electrons. The van der Waals surface area contributed by atoms with Crippen molar-refractivity contribution in [2.45, 2.75) is 38.5 Å². The molecule has 0 saturated carbocycles. The quantitative estimate of drug-likeness (QED) is 0.870. The Hall–Kier alpha value is -2.51. The van der Waals surface area contributed by atoms with Gasteiger partial charge in [-0.25, -0.2) is 9.97 Å². The van der Waals surface area contributed by atoms with Crippen LogP contribution in [0.15, 0.2) is 30.6 Å². The number of hydrogen-bond acceptors (Lipinski definition) is 6. The minimum Gasteiger partial charge on any atom is -0.368 e. The van der Waals surface area contributed by atoms with Crippen molar-refractivity contribution in [3.8, 4) is 0 Å². The third kappa shape index (κ3) is 3.84. The molecule has 0 radical (unpaired) electrons. The van der Waals surface area contributed by atoms with E-state index in [9.17, 15) is 4.79 Å². The van der Waals surface area contributed by atoms with Gasteiger partial charge in [0.2, 0.25) is 5.95 Å². The van der Waals surface area contributed by atoms with Crippen LogP contribution in [0.4, 0.5) is 11.6 Å². The van der Waals surface area contributed by atoms with Gasteiger partial charge in [-0.05, 0) is 42.5 Å². The molecule has 2 aliphatic heterocycles. The molecule has 2 aliphatic rings. The predicted molar refractivity (Wildman–Crippen MR) is 98.3 cm³/mol. The summed E-state index contributed by atoms with van der Waals surface area (Å²) >= 11 is 0. The van der Waals surface area contributed by atoms with Crippen LogP contribution in [-0.2, 0) is 29.0 Å². The lowest BCUT2D eigenvalue weighted by Gasteiger charge is -2.29. The molecule has 7 heteroatoms. The van der Waals surface area contributed by atoms with E-state index in [1.165, 1.54) is 11.1 Å². The monoisotopic (exact) mass is 353 g/mol. The lowest BCUT2D eigenvalue weighted by molar-refractivity contribution is -0.124. The number of anilines is 2. The summed E-state index contributed by atoms with van der Waals surface area (Å²) in [5, 5.41) is 2.99. The molecule has 1 aromatic heterocycles. The van der Waals surface area contributed by atoms with E-state index in [1.807, 2.05) is 6.07 Å². The van der Waals surface area contributed by atoms with E-state index in [-0.39, 0.29) is 12.0 Å². The van der Waals surface area contributed by atoms with Crippen LogP contribution in [0.1, 0.15) is 29.5 Å². The van der Waals surface area contributed by atoms with Crippen molar-refractivity contribution in [2.75, 3.05) is 24.2 Å². The first-order valence-corrected chi connectivity index (χ1v) is 9.00. The molecule has 4 rings (SSSR count). The molecule has 1 saturated heterocycles. The SMILES string of the molecule is Nc1ncc(CN2CCc3ccc(NC(=O)C4CCCO4)cc3C2)cn1. The minimum atomic E-state index is -0.312. The first-order valence-electron chi connectivity index (χ1n) is 9.00. The molecule has 3 heterocycles. The number of nitrogen functional groups attached to an aromatic ring is 1. The van der Waals surface area contributed by atoms with Gasteiger partial charge in [0, 0.05) is 49.9 Å². The second-order valence-corrected chi connectivity index (χ2v) is 6.88. The van der Waals surface area contributed by atoms with Gasteiger partial charge in [-0.3, -0.25) is 9.69 Å². The van der Waals surface area contributed by atoms with Crippen molar-refractivity contribution in [3.63, 3.8) is 0 Å². The predicted octanol–water partition coefficient (Wildman–Crippen LogP) is 1.73. The largest absolute Gasteiger partial charge is 0.368 e. The number of ether oxygens (including phenoxy) is 1. The average molecular weight is 353 g/mol. The number of nitrogens with one attached hydrogen (secondary N) is 1. The van der Waals surface area contributed by atoms with Crippen LogP contribution in [0, 0.1) is 0 Å². The highest BCUT2D eigenvalue weighted by Crippen LogP contribution is 2.24. The van der Waals surface area contributed by atoms with Crippen LogP contribution >= 0.6 is 0 Å². The van der Waals surface area contributed by atoms with Crippen molar-refractivity contribution in [3.05, 3.63) is 47.3 Å². The Morgan fingerprint density at radius 1 is 1.31 bits per heavy atom. The van der Waals surface area contributed by atoms with Crippen LogP contribution in [0.3, 0.4) is 0 Å². The summed E-state index contributed by atoms with van der Waals surface area (Å²) < 4.78 is 5.45. The number of nitrogens with two attached hydrogens (primary N) is 1. The smallest absolute Gasteiger partial charge is 0.253 e. The standard InChI is InChI=1S/C19H23N5O2/c20-19-21-9-13(10-22-19)11-24-6-5-14-3-4-16(8-15(14)12-24)23-18(25)17-2-1-7-26-17/h3-4,8-10,17H,1-2,5-7,11-12H2,(H,23,25)(H2,20,21,22). The highest BCUT2D eigenvalue weighted by atomic mass is 16.5. The molecule has 1 unspecified atom stereocenters. The fraction of sp³-hybridized carbons (Fsp3) is 0.421. The number of amides is 1. The van der Waals surface area contributed by atoms with E-state index in [4.69, 9.17) is 10.5 Å². The van der Waals surface area contributed by atoms with Crippen molar-refractivity contribution in [1.29, 1.82) is 0 Å². The van der Waals surface area contributed by atoms with Crippen LogP contribution in [0.2, 0.25) is 0 Å². The Kier molecular flexibility index (Phi) is 4.81. The van der Waals surface area contributed by atoms with Crippen LogP contribution < -0.4 is 11.1 Å². The molecule has 0 bridgehead atoms. The van der Waals surface area contributed by atoms with Gasteiger partial charge in [-0.15, -0.1) is 0 Å². The molecular formula is C19H23N5O2. The molecule has 0 spiro atoms. The van der Waals surface area contributed by atoms with Crippen molar-refractivity contribution >= 4 is 17.5 Å². The molecule has 1 aromatic carbocycles. The molecule has 7 nitrogen and oxygen atoms in total. The van der Waals surface area contributed by atoms with Gasteiger partial charge in [0.25, 0.3) is 5.91 Å². The van der Waals surface area contributed by atoms with E-state index in [0.717, 1.165) is 50.1 Å². The summed E-state index contributed by atoms with van der Waals surface area (Å²) in [4.78, 5) is 22.7. The normalized spacial score (nSPS) is 19.9. The van der Waals surface area contributed by atoms with Gasteiger partial charge in [-0.1, -0.05) is 6.07 Å². The summed E-state index contributed by atoms with van der Waals surface area (Å²) in [7, 11) is 0. The highest BCUT2D eigenvalue weighted by Gasteiger charge is 2.24. The second-order valence-electron chi connectivity index (χ2n) is 6.88. The van der Waals surface area contributed by atoms with Crippen LogP contribution in [0.5, 0.6) is 0 Å². The van der Waals surface area contributed by atoms with E-state index in [1.54, 1.807) is 12.4 Å². The number of benzene rings is 1. The zero-order chi connectivity index (χ0) is 17.9. The fourth-order valence-electron chi connectivity index (χ4n) is 3.54. The van der Waals surface area contributed by atoms with Crippen molar-refractivity contribution < 1.29 is 9.53 Å². The molecule has 0 aliphatic carbocycles. The van der Waals surface area contributed by atoms with Gasteiger partial charge >= 0.3 is 0 Å². The van der Waals surface area contributed by atoms with E-state index in [0.29, 0.717) is 12.6 Å². The maximum atomic E-state index is 12.2. The number of fused-ring (bicyclic) bond motifs is 1. The first kappa shape index (κ1) is 16.9. The molecule has 2 aromatic rings. The average Bonchev–Trinajstić information content (AvgIpc) is 3.18. The van der Waals surface area contributed by atoms with E-state index in [2.05, 4.69) is 32.3 Å². The Morgan fingerprint density at radius 3 is 2.92 bits per heavy atom. The Labute approximate surface area is 152 Å². The van der Waals surface area contributed by atoms with E-state index >= 15 is 0 Å². The maximum Gasteiger partial charge on any atom is 0.253 e. The third-order valence-electron chi connectivity index (χ3n) is 4.92. The summed E-state index contributed by atoms with van der Waals surface area (Å²) in [6, 6.07) is 6.17. The van der Waals surface area contributed by atoms with Gasteiger partial charge in [0.1, 0.15) is 6.10 Å². The first-order chi connectivity index (χ1) is 12.7. The Morgan fingerprint density at radius 2 is 2.15 bits per heavy atom.